The molecule has 2 aromatic rings. The van der Waals surface area contributed by atoms with E-state index in [1.165, 1.54) is 7.11 Å². The van der Waals surface area contributed by atoms with Gasteiger partial charge in [0.1, 0.15) is 11.3 Å². The summed E-state index contributed by atoms with van der Waals surface area (Å²) in [5, 5.41) is 15.1. The summed E-state index contributed by atoms with van der Waals surface area (Å²) in [4.78, 5) is 35.6. The maximum atomic E-state index is 12.2. The highest BCUT2D eigenvalue weighted by Crippen LogP contribution is 2.39. The molecule has 1 atom stereocenters. The lowest BCUT2D eigenvalue weighted by Crippen LogP contribution is -2.24. The molecule has 0 bridgehead atoms. The van der Waals surface area contributed by atoms with Crippen LogP contribution in [0.5, 0.6) is 5.75 Å². The van der Waals surface area contributed by atoms with E-state index >= 15 is 0 Å². The van der Waals surface area contributed by atoms with E-state index in [0.717, 1.165) is 17.5 Å². The molecule has 1 aliphatic rings. The monoisotopic (exact) mass is 382 g/mol. The van der Waals surface area contributed by atoms with Crippen molar-refractivity contribution in [3.63, 3.8) is 0 Å². The highest BCUT2D eigenvalue weighted by molar-refractivity contribution is 5.98. The predicted octanol–water partition coefficient (Wildman–Crippen LogP) is 3.61. The molecule has 0 radical (unpaired) electrons. The maximum absolute atomic E-state index is 12.2. The quantitative estimate of drug-likeness (QED) is 0.708. The summed E-state index contributed by atoms with van der Waals surface area (Å²) >= 11 is 0. The molecule has 2 amide bonds. The van der Waals surface area contributed by atoms with Gasteiger partial charge < -0.3 is 20.5 Å². The largest absolute Gasteiger partial charge is 0.496 e. The van der Waals surface area contributed by atoms with Crippen LogP contribution >= 0.6 is 0 Å². The van der Waals surface area contributed by atoms with Crippen molar-refractivity contribution < 1.29 is 24.2 Å². The van der Waals surface area contributed by atoms with Crippen LogP contribution in [0.25, 0.3) is 0 Å². The number of hydrogen-bond donors (Lipinski definition) is 3. The zero-order valence-corrected chi connectivity index (χ0v) is 15.7. The van der Waals surface area contributed by atoms with Gasteiger partial charge in [-0.15, -0.1) is 0 Å². The number of carboxylic acids is 1. The number of carboxylic acid groups (broad SMARTS) is 1. The van der Waals surface area contributed by atoms with Crippen molar-refractivity contribution in [2.45, 2.75) is 32.1 Å². The van der Waals surface area contributed by atoms with Gasteiger partial charge in [0.05, 0.1) is 7.11 Å². The number of carbonyl (C=O) groups excluding carboxylic acids is 2. The molecule has 0 saturated heterocycles. The van der Waals surface area contributed by atoms with Crippen molar-refractivity contribution in [1.82, 2.24) is 0 Å². The Balaban J connectivity index is 1.97. The number of benzene rings is 2. The highest BCUT2D eigenvalue weighted by Gasteiger charge is 2.28. The van der Waals surface area contributed by atoms with E-state index in [-0.39, 0.29) is 35.5 Å². The summed E-state index contributed by atoms with van der Waals surface area (Å²) in [6, 6.07) is 10.3. The Morgan fingerprint density at radius 1 is 1.25 bits per heavy atom. The van der Waals surface area contributed by atoms with E-state index in [1.807, 2.05) is 13.0 Å². The Morgan fingerprint density at radius 3 is 2.71 bits per heavy atom. The number of rotatable bonds is 6. The third-order valence-corrected chi connectivity index (χ3v) is 4.71. The van der Waals surface area contributed by atoms with Gasteiger partial charge in [-0.1, -0.05) is 19.1 Å². The van der Waals surface area contributed by atoms with Gasteiger partial charge >= 0.3 is 5.97 Å². The zero-order chi connectivity index (χ0) is 20.3. The van der Waals surface area contributed by atoms with Crippen molar-refractivity contribution in [3.8, 4) is 5.75 Å². The molecule has 2 aromatic carbocycles. The molecule has 7 nitrogen and oxygen atoms in total. The first-order valence-corrected chi connectivity index (χ1v) is 9.07. The van der Waals surface area contributed by atoms with Crippen LogP contribution in [-0.4, -0.2) is 30.0 Å². The average Bonchev–Trinajstić information content (AvgIpc) is 2.66. The molecule has 1 aliphatic heterocycles. The van der Waals surface area contributed by atoms with Crippen LogP contribution in [0.15, 0.2) is 36.4 Å². The lowest BCUT2D eigenvalue weighted by atomic mass is 9.84. The third-order valence-electron chi connectivity index (χ3n) is 4.71. The Morgan fingerprint density at radius 2 is 2.04 bits per heavy atom. The Kier molecular flexibility index (Phi) is 5.63. The number of nitrogens with one attached hydrogen (secondary N) is 2. The minimum atomic E-state index is -1.09. The molecule has 1 heterocycles. The van der Waals surface area contributed by atoms with E-state index in [2.05, 4.69) is 10.6 Å². The maximum Gasteiger partial charge on any atom is 0.339 e. The van der Waals surface area contributed by atoms with E-state index in [9.17, 15) is 19.5 Å². The summed E-state index contributed by atoms with van der Waals surface area (Å²) in [5.74, 6) is -1.35. The van der Waals surface area contributed by atoms with Gasteiger partial charge in [-0.2, -0.15) is 0 Å². The number of methoxy groups -OCH3 is 1. The minimum absolute atomic E-state index is 0.0518. The van der Waals surface area contributed by atoms with Crippen LogP contribution in [-0.2, 0) is 9.59 Å². The van der Waals surface area contributed by atoms with Gasteiger partial charge in [0, 0.05) is 30.1 Å². The first-order chi connectivity index (χ1) is 13.4. The van der Waals surface area contributed by atoms with Gasteiger partial charge in [-0.3, -0.25) is 9.59 Å². The molecule has 0 aromatic heterocycles. The molecule has 1 unspecified atom stereocenters. The van der Waals surface area contributed by atoms with Gasteiger partial charge in [0.2, 0.25) is 11.8 Å². The van der Waals surface area contributed by atoms with Crippen LogP contribution in [0.3, 0.4) is 0 Å². The second kappa shape index (κ2) is 8.12. The van der Waals surface area contributed by atoms with Crippen molar-refractivity contribution in [3.05, 3.63) is 53.1 Å². The summed E-state index contributed by atoms with van der Waals surface area (Å²) in [7, 11) is 1.42. The van der Waals surface area contributed by atoms with Gasteiger partial charge in [0.25, 0.3) is 0 Å². The van der Waals surface area contributed by atoms with E-state index in [4.69, 9.17) is 4.74 Å². The number of amides is 2. The lowest BCUT2D eigenvalue weighted by Gasteiger charge is -2.27. The lowest BCUT2D eigenvalue weighted by molar-refractivity contribution is -0.117. The second-order valence-electron chi connectivity index (χ2n) is 6.67. The smallest absolute Gasteiger partial charge is 0.339 e. The van der Waals surface area contributed by atoms with Crippen LogP contribution in [0, 0.1) is 0 Å². The summed E-state index contributed by atoms with van der Waals surface area (Å²) < 4.78 is 5.11. The molecule has 0 fully saturated rings. The average molecular weight is 382 g/mol. The van der Waals surface area contributed by atoms with E-state index < -0.39 is 5.97 Å². The number of hydrogen-bond acceptors (Lipinski definition) is 4. The van der Waals surface area contributed by atoms with Crippen LogP contribution < -0.4 is 15.4 Å². The number of aromatic carboxylic acids is 1. The zero-order valence-electron chi connectivity index (χ0n) is 15.7. The molecular weight excluding hydrogens is 360 g/mol. The van der Waals surface area contributed by atoms with Crippen LogP contribution in [0.4, 0.5) is 11.4 Å². The minimum Gasteiger partial charge on any atom is -0.496 e. The first-order valence-electron chi connectivity index (χ1n) is 9.07. The number of anilines is 2. The Hall–Kier alpha value is -3.35. The number of fused-ring (bicyclic) bond motifs is 1. The van der Waals surface area contributed by atoms with E-state index in [0.29, 0.717) is 17.8 Å². The fourth-order valence-corrected chi connectivity index (χ4v) is 3.40. The predicted molar refractivity (Wildman–Crippen MR) is 105 cm³/mol. The SMILES string of the molecule is CCCC(=O)Nc1ccc2c(c1)NC(=O)CC2c1ccc(OC)c(C(=O)O)c1. The summed E-state index contributed by atoms with van der Waals surface area (Å²) in [5.41, 5.74) is 2.87. The molecule has 3 rings (SSSR count). The summed E-state index contributed by atoms with van der Waals surface area (Å²) in [6.07, 6.45) is 1.38. The van der Waals surface area contributed by atoms with E-state index in [1.54, 1.807) is 30.3 Å². The summed E-state index contributed by atoms with van der Waals surface area (Å²) in [6.45, 7) is 1.93. The number of carbonyl (C=O) groups is 3. The van der Waals surface area contributed by atoms with Crippen molar-refractivity contribution in [2.75, 3.05) is 17.7 Å². The van der Waals surface area contributed by atoms with Gasteiger partial charge in [-0.25, -0.2) is 4.79 Å². The molecular formula is C21H22N2O5. The highest BCUT2D eigenvalue weighted by atomic mass is 16.5. The van der Waals surface area contributed by atoms with Gasteiger partial charge in [-0.05, 0) is 41.8 Å². The molecule has 28 heavy (non-hydrogen) atoms. The number of ether oxygens (including phenoxy) is 1. The van der Waals surface area contributed by atoms with Crippen LogP contribution in [0.2, 0.25) is 0 Å². The standard InChI is InChI=1S/C21H22N2O5/c1-3-4-19(24)22-13-6-7-14-15(11-20(25)23-17(14)10-13)12-5-8-18(28-2)16(9-12)21(26)27/h5-10,15H,3-4,11H2,1-2H3,(H,22,24)(H,23,25)(H,26,27). The fraction of sp³-hybridized carbons (Fsp3) is 0.286. The molecule has 0 aliphatic carbocycles. The molecule has 0 spiro atoms. The van der Waals surface area contributed by atoms with Crippen molar-refractivity contribution >= 4 is 29.2 Å². The van der Waals surface area contributed by atoms with Gasteiger partial charge in [0.15, 0.2) is 0 Å². The Bertz CT molecular complexity index is 938. The van der Waals surface area contributed by atoms with Crippen molar-refractivity contribution in [2.24, 2.45) is 0 Å². The normalized spacial score (nSPS) is 15.4. The van der Waals surface area contributed by atoms with Crippen molar-refractivity contribution in [1.29, 1.82) is 0 Å². The first kappa shape index (κ1) is 19.4. The third kappa shape index (κ3) is 3.98. The topological polar surface area (TPSA) is 105 Å². The van der Waals surface area contributed by atoms with Crippen LogP contribution in [0.1, 0.15) is 53.6 Å². The Labute approximate surface area is 162 Å². The molecule has 7 heteroatoms. The molecule has 3 N–H and O–H groups in total. The fourth-order valence-electron chi connectivity index (χ4n) is 3.40. The second-order valence-corrected chi connectivity index (χ2v) is 6.67. The molecule has 0 saturated carbocycles. The molecule has 146 valence electrons.